The van der Waals surface area contributed by atoms with Gasteiger partial charge in [0, 0.05) is 50.0 Å². The number of rotatable bonds is 3. The van der Waals surface area contributed by atoms with Crippen molar-refractivity contribution in [3.63, 3.8) is 0 Å². The van der Waals surface area contributed by atoms with Crippen molar-refractivity contribution in [2.24, 2.45) is 11.3 Å². The Morgan fingerprint density at radius 3 is 2.88 bits per heavy atom. The SMILES string of the molecule is CNC(=O)[C@]12CCOC[C@H]1CN(C(=O)c1cc(C3CC3)[nH]c(=O)c1)C2. The van der Waals surface area contributed by atoms with Crippen LogP contribution in [0.3, 0.4) is 0 Å². The van der Waals surface area contributed by atoms with Crippen molar-refractivity contribution >= 4 is 11.8 Å². The van der Waals surface area contributed by atoms with Crippen molar-refractivity contribution in [2.75, 3.05) is 33.4 Å². The summed E-state index contributed by atoms with van der Waals surface area (Å²) in [6, 6.07) is 3.16. The number of nitrogens with zero attached hydrogens (tertiary/aromatic N) is 1. The van der Waals surface area contributed by atoms with E-state index in [0.29, 0.717) is 44.2 Å². The Balaban J connectivity index is 1.61. The van der Waals surface area contributed by atoms with Crippen LogP contribution in [0.25, 0.3) is 0 Å². The van der Waals surface area contributed by atoms with Crippen LogP contribution in [0.4, 0.5) is 0 Å². The summed E-state index contributed by atoms with van der Waals surface area (Å²) < 4.78 is 5.54. The molecule has 2 amide bonds. The molecule has 134 valence electrons. The maximum Gasteiger partial charge on any atom is 0.254 e. The van der Waals surface area contributed by atoms with Gasteiger partial charge in [0.2, 0.25) is 11.5 Å². The van der Waals surface area contributed by atoms with Crippen LogP contribution < -0.4 is 10.9 Å². The van der Waals surface area contributed by atoms with Crippen LogP contribution in [-0.4, -0.2) is 55.0 Å². The van der Waals surface area contributed by atoms with E-state index in [4.69, 9.17) is 4.74 Å². The summed E-state index contributed by atoms with van der Waals surface area (Å²) in [5.41, 5.74) is 0.436. The Morgan fingerprint density at radius 2 is 2.16 bits per heavy atom. The fraction of sp³-hybridized carbons (Fsp3) is 0.611. The number of aromatic nitrogens is 1. The van der Waals surface area contributed by atoms with Gasteiger partial charge >= 0.3 is 0 Å². The third-order valence-corrected chi connectivity index (χ3v) is 5.80. The molecule has 1 saturated carbocycles. The first-order valence-electron chi connectivity index (χ1n) is 8.87. The van der Waals surface area contributed by atoms with E-state index in [1.807, 2.05) is 0 Å². The maximum atomic E-state index is 13.0. The van der Waals surface area contributed by atoms with Crippen molar-refractivity contribution in [1.29, 1.82) is 0 Å². The summed E-state index contributed by atoms with van der Waals surface area (Å²) >= 11 is 0. The first-order chi connectivity index (χ1) is 12.0. The predicted molar refractivity (Wildman–Crippen MR) is 90.4 cm³/mol. The summed E-state index contributed by atoms with van der Waals surface area (Å²) in [5.74, 6) is 0.161. The fourth-order valence-corrected chi connectivity index (χ4v) is 4.21. The second-order valence-electron chi connectivity index (χ2n) is 7.41. The monoisotopic (exact) mass is 345 g/mol. The Hall–Kier alpha value is -2.15. The standard InChI is InChI=1S/C18H23N3O4/c1-19-17(24)18-4-5-25-9-13(18)8-21(10-18)16(23)12-6-14(11-2-3-11)20-15(22)7-12/h6-7,11,13H,2-5,8-10H2,1H3,(H,19,24)(H,20,22)/t13-,18+/m1/s1. The number of hydrogen-bond acceptors (Lipinski definition) is 4. The first-order valence-corrected chi connectivity index (χ1v) is 8.87. The number of fused-ring (bicyclic) bond motifs is 1. The topological polar surface area (TPSA) is 91.5 Å². The van der Waals surface area contributed by atoms with Gasteiger partial charge in [-0.05, 0) is 31.2 Å². The molecule has 2 saturated heterocycles. The van der Waals surface area contributed by atoms with Gasteiger partial charge in [-0.25, -0.2) is 0 Å². The van der Waals surface area contributed by atoms with Crippen LogP contribution in [0.5, 0.6) is 0 Å². The lowest BCUT2D eigenvalue weighted by Crippen LogP contribution is -2.49. The smallest absolute Gasteiger partial charge is 0.254 e. The van der Waals surface area contributed by atoms with E-state index in [2.05, 4.69) is 10.3 Å². The van der Waals surface area contributed by atoms with Crippen LogP contribution in [-0.2, 0) is 9.53 Å². The van der Waals surface area contributed by atoms with E-state index in [9.17, 15) is 14.4 Å². The lowest BCUT2D eigenvalue weighted by atomic mass is 9.73. The van der Waals surface area contributed by atoms with E-state index < -0.39 is 5.41 Å². The van der Waals surface area contributed by atoms with Crippen molar-refractivity contribution in [3.05, 3.63) is 33.7 Å². The highest BCUT2D eigenvalue weighted by Gasteiger charge is 2.54. The normalized spacial score (nSPS) is 28.5. The number of likely N-dealkylation sites (tertiary alicyclic amines) is 1. The molecular formula is C18H23N3O4. The number of carbonyl (C=O) groups excluding carboxylic acids is 2. The Labute approximate surface area is 145 Å². The van der Waals surface area contributed by atoms with Gasteiger partial charge < -0.3 is 19.9 Å². The summed E-state index contributed by atoms with van der Waals surface area (Å²) in [6.07, 6.45) is 2.72. The van der Waals surface area contributed by atoms with Gasteiger partial charge in [-0.15, -0.1) is 0 Å². The molecular weight excluding hydrogens is 322 g/mol. The maximum absolute atomic E-state index is 13.0. The predicted octanol–water partition coefficient (Wildman–Crippen LogP) is 0.477. The minimum absolute atomic E-state index is 0.00458. The summed E-state index contributed by atoms with van der Waals surface area (Å²) in [4.78, 5) is 42.0. The van der Waals surface area contributed by atoms with Crippen LogP contribution in [0.1, 0.15) is 41.2 Å². The molecule has 0 radical (unpaired) electrons. The zero-order valence-corrected chi connectivity index (χ0v) is 14.3. The molecule has 0 aromatic carbocycles. The zero-order chi connectivity index (χ0) is 17.6. The van der Waals surface area contributed by atoms with Gasteiger partial charge in [0.15, 0.2) is 0 Å². The average Bonchev–Trinajstić information content (AvgIpc) is 3.39. The number of amides is 2. The Morgan fingerprint density at radius 1 is 1.36 bits per heavy atom. The molecule has 1 aliphatic carbocycles. The van der Waals surface area contributed by atoms with E-state index in [1.165, 1.54) is 6.07 Å². The number of nitrogens with one attached hydrogen (secondary N) is 2. The number of ether oxygens (including phenoxy) is 1. The number of H-pyrrole nitrogens is 1. The molecule has 3 heterocycles. The van der Waals surface area contributed by atoms with Gasteiger partial charge in [0.05, 0.1) is 12.0 Å². The van der Waals surface area contributed by atoms with Crippen LogP contribution in [0.2, 0.25) is 0 Å². The molecule has 0 spiro atoms. The number of pyridine rings is 1. The second kappa shape index (κ2) is 5.98. The minimum Gasteiger partial charge on any atom is -0.381 e. The van der Waals surface area contributed by atoms with Crippen molar-refractivity contribution < 1.29 is 14.3 Å². The highest BCUT2D eigenvalue weighted by atomic mass is 16.5. The minimum atomic E-state index is -0.580. The molecule has 3 fully saturated rings. The molecule has 2 atom stereocenters. The highest BCUT2D eigenvalue weighted by molar-refractivity contribution is 5.95. The second-order valence-corrected chi connectivity index (χ2v) is 7.41. The van der Waals surface area contributed by atoms with Crippen molar-refractivity contribution in [3.8, 4) is 0 Å². The van der Waals surface area contributed by atoms with Gasteiger partial charge in [-0.2, -0.15) is 0 Å². The lowest BCUT2D eigenvalue weighted by Gasteiger charge is -2.36. The lowest BCUT2D eigenvalue weighted by molar-refractivity contribution is -0.138. The van der Waals surface area contributed by atoms with E-state index in [0.717, 1.165) is 18.5 Å². The molecule has 2 aliphatic heterocycles. The summed E-state index contributed by atoms with van der Waals surface area (Å²) in [7, 11) is 1.63. The van der Waals surface area contributed by atoms with E-state index in [1.54, 1.807) is 18.0 Å². The number of hydrogen-bond donors (Lipinski definition) is 2. The molecule has 0 bridgehead atoms. The molecule has 0 unspecified atom stereocenters. The van der Waals surface area contributed by atoms with Crippen molar-refractivity contribution in [1.82, 2.24) is 15.2 Å². The highest BCUT2D eigenvalue weighted by Crippen LogP contribution is 2.43. The number of aromatic amines is 1. The largest absolute Gasteiger partial charge is 0.381 e. The molecule has 1 aromatic rings. The number of carbonyl (C=O) groups is 2. The molecule has 7 nitrogen and oxygen atoms in total. The molecule has 25 heavy (non-hydrogen) atoms. The van der Waals surface area contributed by atoms with Gasteiger partial charge in [0.25, 0.3) is 5.91 Å². The van der Waals surface area contributed by atoms with E-state index in [-0.39, 0.29) is 23.3 Å². The Bertz CT molecular complexity index is 770. The molecule has 4 rings (SSSR count). The quantitative estimate of drug-likeness (QED) is 0.833. The molecule has 3 aliphatic rings. The van der Waals surface area contributed by atoms with Crippen LogP contribution in [0.15, 0.2) is 16.9 Å². The summed E-state index contributed by atoms with van der Waals surface area (Å²) in [5, 5.41) is 2.75. The molecule has 2 N–H and O–H groups in total. The zero-order valence-electron chi connectivity index (χ0n) is 14.3. The molecule has 7 heteroatoms. The van der Waals surface area contributed by atoms with Crippen LogP contribution in [0, 0.1) is 11.3 Å². The van der Waals surface area contributed by atoms with Crippen LogP contribution >= 0.6 is 0 Å². The molecule has 1 aromatic heterocycles. The first kappa shape index (κ1) is 16.3. The van der Waals surface area contributed by atoms with Gasteiger partial charge in [0.1, 0.15) is 0 Å². The third-order valence-electron chi connectivity index (χ3n) is 5.80. The van der Waals surface area contributed by atoms with Gasteiger partial charge in [-0.3, -0.25) is 14.4 Å². The van der Waals surface area contributed by atoms with Crippen molar-refractivity contribution in [2.45, 2.75) is 25.2 Å². The van der Waals surface area contributed by atoms with E-state index >= 15 is 0 Å². The third kappa shape index (κ3) is 2.76. The Kier molecular flexibility index (Phi) is 3.91. The average molecular weight is 345 g/mol. The van der Waals surface area contributed by atoms with Gasteiger partial charge in [-0.1, -0.05) is 0 Å². The summed E-state index contributed by atoms with van der Waals surface area (Å²) in [6.45, 7) is 1.88. The fourth-order valence-electron chi connectivity index (χ4n) is 4.21.